The van der Waals surface area contributed by atoms with Crippen LogP contribution in [0, 0.1) is 18.7 Å². The monoisotopic (exact) mass is 943 g/mol. The molecule has 1 aliphatic heterocycles. The second-order valence-corrected chi connectivity index (χ2v) is 20.0. The highest BCUT2D eigenvalue weighted by Crippen LogP contribution is 2.42. The Labute approximate surface area is 400 Å². The molecule has 2 saturated carbocycles. The Hall–Kier alpha value is -6.42. The molecule has 5 heterocycles. The van der Waals surface area contributed by atoms with Gasteiger partial charge in [-0.3, -0.25) is 19.1 Å². The zero-order valence-corrected chi connectivity index (χ0v) is 40.5. The van der Waals surface area contributed by atoms with Crippen LogP contribution >= 0.6 is 11.6 Å². The van der Waals surface area contributed by atoms with E-state index < -0.39 is 29.2 Å². The summed E-state index contributed by atoms with van der Waals surface area (Å²) in [5.74, 6) is -1.24. The second kappa shape index (κ2) is 18.6. The molecule has 0 radical (unpaired) electrons. The van der Waals surface area contributed by atoms with Crippen LogP contribution in [0.15, 0.2) is 61.2 Å². The normalized spacial score (nSPS) is 21.4. The van der Waals surface area contributed by atoms with E-state index in [0.717, 1.165) is 47.8 Å². The van der Waals surface area contributed by atoms with Gasteiger partial charge in [0.15, 0.2) is 5.82 Å². The number of hydrogen-bond donors (Lipinski definition) is 3. The largest absolute Gasteiger partial charge is 0.354 e. The van der Waals surface area contributed by atoms with Crippen molar-refractivity contribution in [2.75, 3.05) is 19.0 Å². The number of aromatic nitrogens is 6. The second-order valence-electron chi connectivity index (χ2n) is 19.6. The number of amides is 5. The van der Waals surface area contributed by atoms with Gasteiger partial charge in [0.1, 0.15) is 22.7 Å². The van der Waals surface area contributed by atoms with Gasteiger partial charge in [-0.25, -0.2) is 29.0 Å². The number of aryl methyl sites for hydroxylation is 2. The third-order valence-electron chi connectivity index (χ3n) is 14.1. The van der Waals surface area contributed by atoms with Crippen LogP contribution in [0.1, 0.15) is 109 Å². The van der Waals surface area contributed by atoms with Crippen LogP contribution in [0.4, 0.5) is 20.8 Å². The summed E-state index contributed by atoms with van der Waals surface area (Å²) in [6.45, 7) is 10.4. The van der Waals surface area contributed by atoms with E-state index in [1.54, 1.807) is 38.8 Å². The maximum Gasteiger partial charge on any atom is 0.317 e. The Bertz CT molecular complexity index is 2970. The number of carbonyl (C=O) groups excluding carboxylic acids is 4. The number of anilines is 2. The molecular formula is C51H59ClFN11O4. The first-order chi connectivity index (χ1) is 32.5. The predicted octanol–water partition coefficient (Wildman–Crippen LogP) is 9.13. The molecule has 6 aromatic rings. The van der Waals surface area contributed by atoms with Gasteiger partial charge in [0.05, 0.1) is 22.4 Å². The summed E-state index contributed by atoms with van der Waals surface area (Å²) < 4.78 is 19.9. The van der Waals surface area contributed by atoms with Crippen molar-refractivity contribution in [1.29, 1.82) is 0 Å². The third kappa shape index (κ3) is 8.90. The van der Waals surface area contributed by atoms with Crippen molar-refractivity contribution in [3.05, 3.63) is 83.3 Å². The quantitative estimate of drug-likeness (QED) is 0.122. The number of halogens is 2. The smallest absolute Gasteiger partial charge is 0.317 e. The van der Waals surface area contributed by atoms with Gasteiger partial charge >= 0.3 is 6.03 Å². The molecule has 1 unspecified atom stereocenters. The van der Waals surface area contributed by atoms with Gasteiger partial charge in [0.25, 0.3) is 5.91 Å². The zero-order chi connectivity index (χ0) is 48.2. The number of carbonyl (C=O) groups is 4. The number of urea groups is 1. The van der Waals surface area contributed by atoms with Gasteiger partial charge in [-0.2, -0.15) is 5.10 Å². The van der Waals surface area contributed by atoms with Crippen LogP contribution in [-0.4, -0.2) is 89.7 Å². The minimum absolute atomic E-state index is 0.0133. The van der Waals surface area contributed by atoms with Gasteiger partial charge in [0.2, 0.25) is 11.8 Å². The Morgan fingerprint density at radius 2 is 1.65 bits per heavy atom. The summed E-state index contributed by atoms with van der Waals surface area (Å²) >= 11 is 7.04. The molecule has 2 aliphatic carbocycles. The Balaban J connectivity index is 1.20. The first kappa shape index (κ1) is 46.7. The van der Waals surface area contributed by atoms with Gasteiger partial charge < -0.3 is 25.4 Å². The Morgan fingerprint density at radius 3 is 2.40 bits per heavy atom. The van der Waals surface area contributed by atoms with Crippen LogP contribution in [0.3, 0.4) is 0 Å². The zero-order valence-electron chi connectivity index (χ0n) is 39.7. The van der Waals surface area contributed by atoms with Crippen molar-refractivity contribution in [1.82, 2.24) is 50.1 Å². The first-order valence-electron chi connectivity index (χ1n) is 23.7. The maximum atomic E-state index is 16.2. The predicted molar refractivity (Wildman–Crippen MR) is 261 cm³/mol. The van der Waals surface area contributed by atoms with Gasteiger partial charge in [-0.1, -0.05) is 31.0 Å². The van der Waals surface area contributed by atoms with Crippen LogP contribution in [-0.2, 0) is 20.9 Å². The standard InChI is InChI=1S/C51H59ClFN11O4/c1-28(2)62-27-56-46-41(53)20-34(21-43(46)62)37-22-44(54-25-30(37)4)64(45-23-38(40(52)26-55-45)32-13-14-42-39(19-32)47-29(3)15-17-63(47)60-42)49(67)51(16-9-12-36(24-51)58-50(68)61(6)7)59-48(66)33-10-8-11-35(18-33)57-31(5)65/h13-14,19-23,25-29,33,35-36H,8-12,15-18,24H2,1-7H3,(H,57,65)(H,58,68)(H,59,66)/t29?,33-,35+,36+,51-/m0/s1. The van der Waals surface area contributed by atoms with Crippen LogP contribution < -0.4 is 20.9 Å². The van der Waals surface area contributed by atoms with E-state index in [1.165, 1.54) is 34.7 Å². The molecule has 15 nitrogen and oxygen atoms in total. The number of nitrogens with one attached hydrogen (secondary N) is 3. The molecule has 5 amide bonds. The molecule has 0 bridgehead atoms. The maximum absolute atomic E-state index is 16.2. The number of pyridine rings is 2. The van der Waals surface area contributed by atoms with E-state index in [-0.39, 0.29) is 59.9 Å². The topological polar surface area (TPSA) is 172 Å². The van der Waals surface area contributed by atoms with Crippen LogP contribution in [0.2, 0.25) is 5.02 Å². The molecule has 356 valence electrons. The summed E-state index contributed by atoms with van der Waals surface area (Å²) in [6, 6.07) is 11.9. The Morgan fingerprint density at radius 1 is 0.897 bits per heavy atom. The van der Waals surface area contributed by atoms with Crippen molar-refractivity contribution in [3.63, 3.8) is 0 Å². The van der Waals surface area contributed by atoms with Gasteiger partial charge in [-0.15, -0.1) is 0 Å². The molecule has 2 aromatic carbocycles. The highest BCUT2D eigenvalue weighted by Gasteiger charge is 2.49. The molecule has 0 spiro atoms. The number of benzene rings is 2. The number of rotatable bonds is 10. The van der Waals surface area contributed by atoms with Gasteiger partial charge in [-0.05, 0) is 131 Å². The number of nitrogens with zero attached hydrogens (tertiary/aromatic N) is 8. The summed E-state index contributed by atoms with van der Waals surface area (Å²) in [5.41, 5.74) is 4.70. The molecule has 68 heavy (non-hydrogen) atoms. The fraction of sp³-hybridized carbons (Fsp3) is 0.451. The number of fused-ring (bicyclic) bond motifs is 4. The number of hydrogen-bond acceptors (Lipinski definition) is 8. The summed E-state index contributed by atoms with van der Waals surface area (Å²) in [7, 11) is 3.30. The fourth-order valence-electron chi connectivity index (χ4n) is 10.6. The van der Waals surface area contributed by atoms with Crippen LogP contribution in [0.25, 0.3) is 44.2 Å². The molecule has 0 saturated heterocycles. The van der Waals surface area contributed by atoms with Crippen molar-refractivity contribution in [2.24, 2.45) is 5.92 Å². The van der Waals surface area contributed by atoms with E-state index in [4.69, 9.17) is 26.7 Å². The molecule has 17 heteroatoms. The van der Waals surface area contributed by atoms with Crippen molar-refractivity contribution in [2.45, 2.75) is 129 Å². The lowest BCUT2D eigenvalue weighted by Crippen LogP contribution is -2.64. The molecule has 3 aliphatic rings. The lowest BCUT2D eigenvalue weighted by atomic mass is 9.76. The molecule has 2 fully saturated rings. The minimum atomic E-state index is -1.56. The van der Waals surface area contributed by atoms with E-state index in [0.29, 0.717) is 58.8 Å². The SMILES string of the molecule is CC(=O)N[C@@H]1CCC[C@H](C(=O)N[C@@]2(C(=O)N(c3cc(-c4cc(F)c5ncn(C(C)C)c5c4)c(C)cn3)c3cc(-c4ccc5nn6c(c5c4)C(C)CC6)c(Cl)cn3)CCC[C@@H](NC(=O)N(C)C)C2)C1. The highest BCUT2D eigenvalue weighted by atomic mass is 35.5. The third-order valence-corrected chi connectivity index (χ3v) is 14.4. The number of imidazole rings is 1. The summed E-state index contributed by atoms with van der Waals surface area (Å²) in [5, 5.41) is 15.6. The average Bonchev–Trinajstić information content (AvgIpc) is 4.02. The van der Waals surface area contributed by atoms with E-state index in [9.17, 15) is 14.4 Å². The van der Waals surface area contributed by atoms with Crippen LogP contribution in [0.5, 0.6) is 0 Å². The lowest BCUT2D eigenvalue weighted by molar-refractivity contribution is -0.136. The molecule has 9 rings (SSSR count). The van der Waals surface area contributed by atoms with Crippen molar-refractivity contribution >= 4 is 68.9 Å². The van der Waals surface area contributed by atoms with Crippen molar-refractivity contribution in [3.8, 4) is 22.3 Å². The van der Waals surface area contributed by atoms with E-state index in [1.807, 2.05) is 43.5 Å². The Kier molecular flexibility index (Phi) is 12.8. The molecule has 4 aromatic heterocycles. The molecular weight excluding hydrogens is 885 g/mol. The molecule has 3 N–H and O–H groups in total. The highest BCUT2D eigenvalue weighted by molar-refractivity contribution is 6.33. The van der Waals surface area contributed by atoms with Gasteiger partial charge in [0, 0.05) is 86.6 Å². The fourth-order valence-corrected chi connectivity index (χ4v) is 10.8. The van der Waals surface area contributed by atoms with E-state index >= 15 is 9.18 Å². The minimum Gasteiger partial charge on any atom is -0.354 e. The molecule has 5 atom stereocenters. The lowest BCUT2D eigenvalue weighted by Gasteiger charge is -2.44. The van der Waals surface area contributed by atoms with Crippen molar-refractivity contribution < 1.29 is 23.6 Å². The average molecular weight is 945 g/mol. The summed E-state index contributed by atoms with van der Waals surface area (Å²) in [6.07, 6.45) is 9.70. The first-order valence-corrected chi connectivity index (χ1v) is 24.1. The van der Waals surface area contributed by atoms with E-state index in [2.05, 4.69) is 38.6 Å². The summed E-state index contributed by atoms with van der Waals surface area (Å²) in [4.78, 5) is 73.2.